The van der Waals surface area contributed by atoms with Crippen molar-refractivity contribution in [3.8, 4) is 0 Å². The third-order valence-corrected chi connectivity index (χ3v) is 13.0. The fraction of sp³-hybridized carbons (Fsp3) is 0.615. The van der Waals surface area contributed by atoms with Crippen molar-refractivity contribution < 1.29 is 26.4 Å². The van der Waals surface area contributed by atoms with Gasteiger partial charge in [0.25, 0.3) is 10.0 Å². The highest BCUT2D eigenvalue weighted by atomic mass is 35.5. The summed E-state index contributed by atoms with van der Waals surface area (Å²) in [7, 11) is -5.60. The lowest BCUT2D eigenvalue weighted by molar-refractivity contribution is -0.143. The lowest BCUT2D eigenvalue weighted by Gasteiger charge is -2.34. The summed E-state index contributed by atoms with van der Waals surface area (Å²) in [6, 6.07) is 5.72. The summed E-state index contributed by atoms with van der Waals surface area (Å²) < 4.78 is 55.0. The van der Waals surface area contributed by atoms with Gasteiger partial charge in [0.1, 0.15) is 10.3 Å². The SMILES string of the molecule is CN(C1CCN(C[C@@H]2CCCN2C(=O)CN2CCC[C@H](NS(=O)(=O)c3cc4cc(Cl)ccc4s3)C2=O)C1)S(C)(=O)=O. The number of hydrogen-bond acceptors (Lipinski definition) is 8. The molecule has 0 bridgehead atoms. The molecule has 0 spiro atoms. The van der Waals surface area contributed by atoms with Crippen molar-refractivity contribution in [2.75, 3.05) is 52.6 Å². The lowest BCUT2D eigenvalue weighted by atomic mass is 10.1. The Kier molecular flexibility index (Phi) is 9.01. The van der Waals surface area contributed by atoms with E-state index >= 15 is 0 Å². The molecule has 3 fully saturated rings. The van der Waals surface area contributed by atoms with E-state index in [-0.39, 0.29) is 34.7 Å². The van der Waals surface area contributed by atoms with Crippen LogP contribution >= 0.6 is 22.9 Å². The molecule has 1 unspecified atom stereocenters. The summed E-state index contributed by atoms with van der Waals surface area (Å²) in [6.07, 6.45) is 4.63. The summed E-state index contributed by atoms with van der Waals surface area (Å²) in [5.74, 6) is -0.533. The number of nitrogens with one attached hydrogen (secondary N) is 1. The number of carbonyl (C=O) groups is 2. The largest absolute Gasteiger partial charge is 0.337 e. The van der Waals surface area contributed by atoms with Crippen molar-refractivity contribution in [1.82, 2.24) is 23.7 Å². The molecule has 0 radical (unpaired) electrons. The highest BCUT2D eigenvalue weighted by Gasteiger charge is 2.38. The molecule has 3 atom stereocenters. The zero-order chi connectivity index (χ0) is 29.5. The normalized spacial score (nSPS) is 24.7. The highest BCUT2D eigenvalue weighted by molar-refractivity contribution is 7.91. The minimum Gasteiger partial charge on any atom is -0.337 e. The Bertz CT molecular complexity index is 1530. The molecular weight excluding hydrogens is 610 g/mol. The van der Waals surface area contributed by atoms with Crippen molar-refractivity contribution in [2.24, 2.45) is 0 Å². The molecule has 3 aliphatic heterocycles. The predicted molar refractivity (Wildman–Crippen MR) is 159 cm³/mol. The molecule has 3 saturated heterocycles. The van der Waals surface area contributed by atoms with Crippen molar-refractivity contribution in [2.45, 2.75) is 54.4 Å². The van der Waals surface area contributed by atoms with Crippen LogP contribution in [0.25, 0.3) is 10.1 Å². The molecule has 11 nitrogen and oxygen atoms in total. The van der Waals surface area contributed by atoms with Crippen LogP contribution in [0.5, 0.6) is 0 Å². The summed E-state index contributed by atoms with van der Waals surface area (Å²) >= 11 is 7.15. The van der Waals surface area contributed by atoms with Crippen LogP contribution in [-0.2, 0) is 29.6 Å². The van der Waals surface area contributed by atoms with Gasteiger partial charge in [0.15, 0.2) is 0 Å². The first-order chi connectivity index (χ1) is 19.3. The second-order valence-electron chi connectivity index (χ2n) is 11.2. The number of likely N-dealkylation sites (tertiary alicyclic amines) is 3. The zero-order valence-corrected chi connectivity index (χ0v) is 26.4. The maximum atomic E-state index is 13.4. The second kappa shape index (κ2) is 12.1. The molecule has 226 valence electrons. The summed E-state index contributed by atoms with van der Waals surface area (Å²) in [6.45, 7) is 2.97. The van der Waals surface area contributed by atoms with Crippen molar-refractivity contribution in [3.63, 3.8) is 0 Å². The number of sulfonamides is 2. The van der Waals surface area contributed by atoms with Gasteiger partial charge in [-0.1, -0.05) is 11.6 Å². The first-order valence-electron chi connectivity index (χ1n) is 13.8. The van der Waals surface area contributed by atoms with Crippen LogP contribution in [0.4, 0.5) is 0 Å². The number of amides is 2. The van der Waals surface area contributed by atoms with Gasteiger partial charge < -0.3 is 9.80 Å². The molecule has 0 saturated carbocycles. The molecule has 4 heterocycles. The van der Waals surface area contributed by atoms with Crippen LogP contribution in [-0.4, -0.2) is 118 Å². The van der Waals surface area contributed by atoms with Gasteiger partial charge in [0.2, 0.25) is 21.8 Å². The third-order valence-electron chi connectivity index (χ3n) is 8.33. The van der Waals surface area contributed by atoms with E-state index < -0.39 is 26.1 Å². The number of fused-ring (bicyclic) bond motifs is 1. The van der Waals surface area contributed by atoms with Gasteiger partial charge in [-0.15, -0.1) is 11.3 Å². The summed E-state index contributed by atoms with van der Waals surface area (Å²) in [4.78, 5) is 32.2. The Morgan fingerprint density at radius 2 is 1.85 bits per heavy atom. The molecule has 5 rings (SSSR count). The predicted octanol–water partition coefficient (Wildman–Crippen LogP) is 1.78. The molecule has 1 aromatic carbocycles. The van der Waals surface area contributed by atoms with Gasteiger partial charge >= 0.3 is 0 Å². The average molecular weight is 646 g/mol. The standard InChI is InChI=1S/C26H36ClN5O6S3/c1-29(40(2,35)36)20-9-12-30(15-20)16-21-5-3-11-32(21)24(33)17-31-10-4-6-22(26(31)34)28-41(37,38)25-14-18-13-19(27)7-8-23(18)39-25/h7-8,13-14,20-22,28H,3-6,9-12,15-17H2,1-2H3/t20?,21-,22-/m0/s1. The molecule has 1 aromatic heterocycles. The lowest BCUT2D eigenvalue weighted by Crippen LogP contribution is -2.55. The molecule has 2 aromatic rings. The number of carbonyl (C=O) groups excluding carboxylic acids is 2. The van der Waals surface area contributed by atoms with E-state index in [1.807, 2.05) is 4.90 Å². The second-order valence-corrected chi connectivity index (χ2v) is 16.7. The number of nitrogens with zero attached hydrogens (tertiary/aromatic N) is 4. The number of piperidine rings is 1. The van der Waals surface area contributed by atoms with E-state index in [4.69, 9.17) is 11.6 Å². The van der Waals surface area contributed by atoms with Crippen molar-refractivity contribution in [1.29, 1.82) is 0 Å². The maximum Gasteiger partial charge on any atom is 0.250 e. The minimum atomic E-state index is -3.94. The van der Waals surface area contributed by atoms with Gasteiger partial charge in [-0.05, 0) is 68.3 Å². The van der Waals surface area contributed by atoms with Crippen molar-refractivity contribution >= 4 is 64.9 Å². The van der Waals surface area contributed by atoms with Gasteiger partial charge in [-0.2, -0.15) is 4.72 Å². The maximum absolute atomic E-state index is 13.4. The van der Waals surface area contributed by atoms with Crippen molar-refractivity contribution in [3.05, 3.63) is 29.3 Å². The number of benzene rings is 1. The Morgan fingerprint density at radius 1 is 1.10 bits per heavy atom. The van der Waals surface area contributed by atoms with E-state index in [9.17, 15) is 26.4 Å². The smallest absolute Gasteiger partial charge is 0.250 e. The molecule has 41 heavy (non-hydrogen) atoms. The fourth-order valence-electron chi connectivity index (χ4n) is 6.03. The van der Waals surface area contributed by atoms with E-state index in [1.54, 1.807) is 31.3 Å². The van der Waals surface area contributed by atoms with E-state index in [0.717, 1.165) is 47.2 Å². The van der Waals surface area contributed by atoms with Crippen LogP contribution in [0.1, 0.15) is 32.1 Å². The Hall–Kier alpha value is -1.81. The number of thiophene rings is 1. The first-order valence-corrected chi connectivity index (χ1v) is 18.3. The van der Waals surface area contributed by atoms with Gasteiger partial charge in [-0.3, -0.25) is 14.5 Å². The average Bonchev–Trinajstić information content (AvgIpc) is 3.65. The molecular formula is C26H36ClN5O6S3. The van der Waals surface area contributed by atoms with Crippen LogP contribution < -0.4 is 4.72 Å². The van der Waals surface area contributed by atoms with Crippen LogP contribution in [0.2, 0.25) is 5.02 Å². The Balaban J connectivity index is 1.18. The van der Waals surface area contributed by atoms with Crippen LogP contribution in [0, 0.1) is 0 Å². The van der Waals surface area contributed by atoms with Crippen LogP contribution in [0.15, 0.2) is 28.5 Å². The van der Waals surface area contributed by atoms with Gasteiger partial charge in [0, 0.05) is 55.0 Å². The molecule has 1 N–H and O–H groups in total. The molecule has 2 amide bonds. The van der Waals surface area contributed by atoms with E-state index in [2.05, 4.69) is 9.62 Å². The van der Waals surface area contributed by atoms with E-state index in [1.165, 1.54) is 15.5 Å². The zero-order valence-electron chi connectivity index (χ0n) is 23.2. The monoisotopic (exact) mass is 645 g/mol. The van der Waals surface area contributed by atoms with E-state index in [0.29, 0.717) is 44.0 Å². The minimum absolute atomic E-state index is 0.000413. The molecule has 3 aliphatic rings. The third kappa shape index (κ3) is 6.89. The number of halogens is 1. The summed E-state index contributed by atoms with van der Waals surface area (Å²) in [5, 5.41) is 1.23. The highest BCUT2D eigenvalue weighted by Crippen LogP contribution is 2.31. The number of rotatable bonds is 9. The molecule has 15 heteroatoms. The van der Waals surface area contributed by atoms with Gasteiger partial charge in [0.05, 0.1) is 12.8 Å². The quantitative estimate of drug-likeness (QED) is 0.440. The Morgan fingerprint density at radius 3 is 2.61 bits per heavy atom. The van der Waals surface area contributed by atoms with Gasteiger partial charge in [-0.25, -0.2) is 21.1 Å². The topological polar surface area (TPSA) is 127 Å². The fourth-order valence-corrected chi connectivity index (χ4v) is 9.54. The van der Waals surface area contributed by atoms with Crippen LogP contribution in [0.3, 0.4) is 0 Å². The Labute approximate surface area is 250 Å². The number of likely N-dealkylation sites (N-methyl/N-ethyl adjacent to an activating group) is 1. The summed E-state index contributed by atoms with van der Waals surface area (Å²) in [5.41, 5.74) is 0. The first kappa shape index (κ1) is 30.6. The molecule has 0 aliphatic carbocycles. The number of hydrogen-bond donors (Lipinski definition) is 1.